The van der Waals surface area contributed by atoms with Gasteiger partial charge in [0.1, 0.15) is 21.4 Å². The van der Waals surface area contributed by atoms with E-state index in [4.69, 9.17) is 5.73 Å². The molecule has 1 aromatic carbocycles. The predicted molar refractivity (Wildman–Crippen MR) is 162 cm³/mol. The molecule has 0 saturated heterocycles. The van der Waals surface area contributed by atoms with Crippen LogP contribution in [0.25, 0.3) is 0 Å². The van der Waals surface area contributed by atoms with Crippen LogP contribution in [0, 0.1) is 5.92 Å². The molecule has 1 unspecified atom stereocenters. The molecular formula is C29H37N7O4S2. The van der Waals surface area contributed by atoms with Crippen LogP contribution in [0.4, 0.5) is 0 Å². The Labute approximate surface area is 253 Å². The maximum atomic E-state index is 13.3. The van der Waals surface area contributed by atoms with Crippen LogP contribution >= 0.6 is 22.7 Å². The lowest BCUT2D eigenvalue weighted by Gasteiger charge is -2.26. The molecule has 3 heterocycles. The molecule has 42 heavy (non-hydrogen) atoms. The molecule has 0 spiro atoms. The number of carbonyl (C=O) groups excluding carboxylic acids is 4. The Hall–Kier alpha value is -3.68. The molecule has 4 rings (SSSR count). The summed E-state index contributed by atoms with van der Waals surface area (Å²) < 4.78 is 0. The second-order valence-corrected chi connectivity index (χ2v) is 12.3. The number of fused-ring (bicyclic) bond motifs is 4. The molecule has 3 aromatic rings. The van der Waals surface area contributed by atoms with Crippen LogP contribution in [-0.2, 0) is 16.0 Å². The Kier molecular flexibility index (Phi) is 10.8. The Balaban J connectivity index is 1.67. The topological polar surface area (TPSA) is 159 Å². The molecular weight excluding hydrogens is 574 g/mol. The second-order valence-electron chi connectivity index (χ2n) is 10.5. The molecule has 4 amide bonds. The molecule has 1 aliphatic heterocycles. The zero-order valence-corrected chi connectivity index (χ0v) is 25.6. The van der Waals surface area contributed by atoms with Gasteiger partial charge in [0.05, 0.1) is 24.7 Å². The molecule has 3 atom stereocenters. The minimum Gasteiger partial charge on any atom is -0.351 e. The first-order valence-corrected chi connectivity index (χ1v) is 15.8. The molecule has 224 valence electrons. The van der Waals surface area contributed by atoms with E-state index < -0.39 is 18.1 Å². The Morgan fingerprint density at radius 3 is 2.38 bits per heavy atom. The fourth-order valence-corrected chi connectivity index (χ4v) is 6.39. The van der Waals surface area contributed by atoms with Gasteiger partial charge in [-0.15, -0.1) is 22.7 Å². The number of hydrogen-bond acceptors (Lipinski definition) is 9. The molecule has 0 fully saturated rings. The van der Waals surface area contributed by atoms with E-state index in [0.29, 0.717) is 29.3 Å². The highest BCUT2D eigenvalue weighted by Crippen LogP contribution is 2.27. The standard InChI is InChI=1S/C29H37N7O4S2/c1-4-19(30)29(40)36-12-8-11-31-25(38)21-15-42-28(34-21)24(17(2)3)35-26(39)22-16-41-27(33-22)20(32-23(37)14-36)13-18-9-6-5-7-10-18/h5-7,9-10,15-17,19-20,24H,4,8,11-14,30H2,1-3H3,(H,31,38)(H,32,37)(H,35,39)/t19-,20?,24-/m0/s1. The van der Waals surface area contributed by atoms with E-state index in [-0.39, 0.29) is 60.6 Å². The summed E-state index contributed by atoms with van der Waals surface area (Å²) in [6.07, 6.45) is 1.30. The first kappa shape index (κ1) is 31.3. The molecule has 0 aliphatic carbocycles. The van der Waals surface area contributed by atoms with E-state index in [1.54, 1.807) is 10.8 Å². The van der Waals surface area contributed by atoms with Gasteiger partial charge in [0, 0.05) is 23.8 Å². The number of thiazole rings is 2. The maximum absolute atomic E-state index is 13.3. The number of rotatable bonds is 5. The van der Waals surface area contributed by atoms with Crippen molar-refractivity contribution in [1.82, 2.24) is 30.8 Å². The highest BCUT2D eigenvalue weighted by atomic mass is 32.1. The average Bonchev–Trinajstić information content (AvgIpc) is 3.67. The van der Waals surface area contributed by atoms with E-state index in [1.807, 2.05) is 51.1 Å². The second kappa shape index (κ2) is 14.5. The van der Waals surface area contributed by atoms with Gasteiger partial charge in [0.15, 0.2) is 0 Å². The van der Waals surface area contributed by atoms with Crippen LogP contribution in [0.5, 0.6) is 0 Å². The van der Waals surface area contributed by atoms with Gasteiger partial charge in [0.25, 0.3) is 11.8 Å². The minimum atomic E-state index is -0.739. The molecule has 0 saturated carbocycles. The molecule has 4 bridgehead atoms. The van der Waals surface area contributed by atoms with Crippen LogP contribution in [0.15, 0.2) is 41.1 Å². The zero-order chi connectivity index (χ0) is 30.2. The lowest BCUT2D eigenvalue weighted by Crippen LogP contribution is -2.49. The first-order valence-electron chi connectivity index (χ1n) is 14.0. The van der Waals surface area contributed by atoms with Crippen molar-refractivity contribution in [3.8, 4) is 0 Å². The fraction of sp³-hybridized carbons (Fsp3) is 0.448. The number of nitrogens with zero attached hydrogens (tertiary/aromatic N) is 3. The summed E-state index contributed by atoms with van der Waals surface area (Å²) in [5.74, 6) is -1.42. The monoisotopic (exact) mass is 611 g/mol. The fourth-order valence-electron chi connectivity index (χ4n) is 4.52. The third-order valence-electron chi connectivity index (χ3n) is 6.94. The average molecular weight is 612 g/mol. The van der Waals surface area contributed by atoms with Crippen LogP contribution in [0.3, 0.4) is 0 Å². The third-order valence-corrected chi connectivity index (χ3v) is 8.82. The maximum Gasteiger partial charge on any atom is 0.271 e. The smallest absolute Gasteiger partial charge is 0.271 e. The molecule has 2 aromatic heterocycles. The number of amides is 4. The van der Waals surface area contributed by atoms with Crippen molar-refractivity contribution in [1.29, 1.82) is 0 Å². The molecule has 13 heteroatoms. The van der Waals surface area contributed by atoms with E-state index in [1.165, 1.54) is 27.6 Å². The quantitative estimate of drug-likeness (QED) is 0.345. The lowest BCUT2D eigenvalue weighted by molar-refractivity contribution is -0.137. The van der Waals surface area contributed by atoms with E-state index >= 15 is 0 Å². The highest BCUT2D eigenvalue weighted by Gasteiger charge is 2.28. The van der Waals surface area contributed by atoms with Gasteiger partial charge in [-0.25, -0.2) is 9.97 Å². The normalized spacial score (nSPS) is 19.6. The summed E-state index contributed by atoms with van der Waals surface area (Å²) in [5.41, 5.74) is 7.51. The van der Waals surface area contributed by atoms with E-state index in [9.17, 15) is 19.2 Å². The number of aromatic nitrogens is 2. The highest BCUT2D eigenvalue weighted by molar-refractivity contribution is 7.10. The number of nitrogens with two attached hydrogens (primary N) is 1. The van der Waals surface area contributed by atoms with Crippen LogP contribution in [0.2, 0.25) is 0 Å². The Morgan fingerprint density at radius 1 is 1.02 bits per heavy atom. The summed E-state index contributed by atoms with van der Waals surface area (Å²) in [5, 5.41) is 13.4. The van der Waals surface area contributed by atoms with E-state index in [0.717, 1.165) is 5.56 Å². The van der Waals surface area contributed by atoms with E-state index in [2.05, 4.69) is 25.9 Å². The predicted octanol–water partition coefficient (Wildman–Crippen LogP) is 2.83. The van der Waals surface area contributed by atoms with Crippen molar-refractivity contribution < 1.29 is 19.2 Å². The molecule has 11 nitrogen and oxygen atoms in total. The van der Waals surface area contributed by atoms with Gasteiger partial charge in [-0.1, -0.05) is 51.1 Å². The number of nitrogens with one attached hydrogen (secondary N) is 3. The van der Waals surface area contributed by atoms with Crippen LogP contribution in [-0.4, -0.2) is 64.2 Å². The van der Waals surface area contributed by atoms with Crippen molar-refractivity contribution in [3.05, 3.63) is 68.1 Å². The van der Waals surface area contributed by atoms with Gasteiger partial charge >= 0.3 is 0 Å². The van der Waals surface area contributed by atoms with Crippen molar-refractivity contribution >= 4 is 46.3 Å². The van der Waals surface area contributed by atoms with Gasteiger partial charge in [-0.05, 0) is 30.7 Å². The Bertz CT molecular complexity index is 1390. The summed E-state index contributed by atoms with van der Waals surface area (Å²) in [7, 11) is 0. The molecule has 0 radical (unpaired) electrons. The largest absolute Gasteiger partial charge is 0.351 e. The number of hydrogen-bond donors (Lipinski definition) is 4. The number of carbonyl (C=O) groups is 4. The summed E-state index contributed by atoms with van der Waals surface area (Å²) in [6, 6.07) is 8.00. The molecule has 5 N–H and O–H groups in total. The summed E-state index contributed by atoms with van der Waals surface area (Å²) >= 11 is 2.60. The van der Waals surface area contributed by atoms with Crippen LogP contribution in [0.1, 0.15) is 82.3 Å². The summed E-state index contributed by atoms with van der Waals surface area (Å²) in [6.45, 7) is 6.07. The van der Waals surface area contributed by atoms with Gasteiger partial charge in [-0.3, -0.25) is 19.2 Å². The van der Waals surface area contributed by atoms with Crippen LogP contribution < -0.4 is 21.7 Å². The first-order chi connectivity index (χ1) is 20.2. The van der Waals surface area contributed by atoms with Crippen molar-refractivity contribution in [3.63, 3.8) is 0 Å². The summed E-state index contributed by atoms with van der Waals surface area (Å²) in [4.78, 5) is 63.0. The lowest BCUT2D eigenvalue weighted by atomic mass is 10.0. The zero-order valence-electron chi connectivity index (χ0n) is 24.0. The number of benzene rings is 1. The van der Waals surface area contributed by atoms with Crippen molar-refractivity contribution in [2.45, 2.75) is 58.2 Å². The van der Waals surface area contributed by atoms with Crippen molar-refractivity contribution in [2.75, 3.05) is 19.6 Å². The van der Waals surface area contributed by atoms with Gasteiger partial charge in [-0.2, -0.15) is 0 Å². The van der Waals surface area contributed by atoms with Gasteiger partial charge < -0.3 is 26.6 Å². The Morgan fingerprint density at radius 2 is 1.69 bits per heavy atom. The minimum absolute atomic E-state index is 0.00588. The SMILES string of the molecule is CC[C@H](N)C(=O)N1CCCNC(=O)c2csc(n2)[C@H](C(C)C)NC(=O)c2csc(n2)C(Cc2ccccc2)NC(=O)C1. The molecule has 1 aliphatic rings. The van der Waals surface area contributed by atoms with Gasteiger partial charge in [0.2, 0.25) is 11.8 Å². The van der Waals surface area contributed by atoms with Crippen molar-refractivity contribution in [2.24, 2.45) is 11.7 Å². The third kappa shape index (κ3) is 7.99.